The lowest BCUT2D eigenvalue weighted by Gasteiger charge is -2.39. The molecule has 0 N–H and O–H groups in total. The van der Waals surface area contributed by atoms with Crippen molar-refractivity contribution in [2.75, 3.05) is 56.2 Å². The highest BCUT2D eigenvalue weighted by atomic mass is 16.5. The number of carbonyl (C=O) groups is 1. The van der Waals surface area contributed by atoms with Crippen molar-refractivity contribution in [3.05, 3.63) is 67.0 Å². The molecule has 2 aliphatic rings. The third-order valence-corrected chi connectivity index (χ3v) is 6.77. The van der Waals surface area contributed by atoms with E-state index in [1.165, 1.54) is 6.33 Å². The number of nitrogens with zero attached hydrogens (tertiary/aromatic N) is 5. The summed E-state index contributed by atoms with van der Waals surface area (Å²) in [6.45, 7) is 4.76. The highest BCUT2D eigenvalue weighted by Crippen LogP contribution is 2.28. The number of aromatic nitrogens is 2. The summed E-state index contributed by atoms with van der Waals surface area (Å²) in [6, 6.07) is 19.6. The first kappa shape index (κ1) is 23.0. The first-order valence-electron chi connectivity index (χ1n) is 12.2. The number of carbonyl (C=O) groups excluding carboxylic acids is 1. The van der Waals surface area contributed by atoms with Gasteiger partial charge in [-0.05, 0) is 37.1 Å². The Bertz CT molecular complexity index is 1130. The molecule has 5 rings (SSSR count). The number of hydrogen-bond donors (Lipinski definition) is 0. The van der Waals surface area contributed by atoms with Gasteiger partial charge in [-0.1, -0.05) is 24.3 Å². The van der Waals surface area contributed by atoms with E-state index < -0.39 is 0 Å². The van der Waals surface area contributed by atoms with Gasteiger partial charge in [0.05, 0.1) is 7.11 Å². The Kier molecular flexibility index (Phi) is 6.97. The van der Waals surface area contributed by atoms with Gasteiger partial charge in [-0.25, -0.2) is 9.97 Å². The number of piperazine rings is 1. The normalized spacial score (nSPS) is 16.8. The molecule has 2 aromatic carbocycles. The monoisotopic (exact) mass is 473 g/mol. The van der Waals surface area contributed by atoms with E-state index in [-0.39, 0.29) is 11.8 Å². The molecule has 0 unspecified atom stereocenters. The number of rotatable bonds is 6. The maximum Gasteiger partial charge on any atom is 0.225 e. The lowest BCUT2D eigenvalue weighted by molar-refractivity contribution is -0.136. The minimum Gasteiger partial charge on any atom is -0.497 e. The number of benzene rings is 2. The van der Waals surface area contributed by atoms with Gasteiger partial charge >= 0.3 is 0 Å². The summed E-state index contributed by atoms with van der Waals surface area (Å²) in [5, 5.41) is 0. The molecule has 35 heavy (non-hydrogen) atoms. The quantitative estimate of drug-likeness (QED) is 0.539. The SMILES string of the molecule is COc1cccc(N2CCN(C(=O)C3CCN(c4cc(Oc5ccccc5)ncn4)CC3)CC2)c1. The van der Waals surface area contributed by atoms with E-state index in [0.717, 1.165) is 75.1 Å². The van der Waals surface area contributed by atoms with E-state index in [2.05, 4.69) is 31.9 Å². The first-order valence-corrected chi connectivity index (χ1v) is 12.2. The molecule has 1 amide bonds. The number of para-hydroxylation sites is 1. The van der Waals surface area contributed by atoms with Crippen LogP contribution >= 0.6 is 0 Å². The van der Waals surface area contributed by atoms with Crippen molar-refractivity contribution >= 4 is 17.4 Å². The summed E-state index contributed by atoms with van der Waals surface area (Å²) in [5.74, 6) is 3.31. The van der Waals surface area contributed by atoms with Gasteiger partial charge in [-0.2, -0.15) is 0 Å². The van der Waals surface area contributed by atoms with Gasteiger partial charge < -0.3 is 24.2 Å². The smallest absolute Gasteiger partial charge is 0.225 e. The van der Waals surface area contributed by atoms with Gasteiger partial charge in [-0.15, -0.1) is 0 Å². The van der Waals surface area contributed by atoms with Crippen molar-refractivity contribution in [1.82, 2.24) is 14.9 Å². The zero-order valence-electron chi connectivity index (χ0n) is 20.0. The van der Waals surface area contributed by atoms with E-state index >= 15 is 0 Å². The zero-order valence-corrected chi connectivity index (χ0v) is 20.0. The molecular formula is C27H31N5O3. The Hall–Kier alpha value is -3.81. The van der Waals surface area contributed by atoms with Gasteiger partial charge in [-0.3, -0.25) is 4.79 Å². The van der Waals surface area contributed by atoms with E-state index in [1.54, 1.807) is 7.11 Å². The van der Waals surface area contributed by atoms with Crippen LogP contribution in [0.2, 0.25) is 0 Å². The number of amides is 1. The molecule has 2 saturated heterocycles. The summed E-state index contributed by atoms with van der Waals surface area (Å²) in [7, 11) is 1.68. The van der Waals surface area contributed by atoms with Crippen LogP contribution in [0.15, 0.2) is 67.0 Å². The number of anilines is 2. The van der Waals surface area contributed by atoms with Gasteiger partial charge in [0.2, 0.25) is 11.8 Å². The molecule has 0 atom stereocenters. The number of methoxy groups -OCH3 is 1. The Morgan fingerprint density at radius 3 is 2.31 bits per heavy atom. The maximum atomic E-state index is 13.2. The zero-order chi connectivity index (χ0) is 24.0. The van der Waals surface area contributed by atoms with Crippen molar-refractivity contribution in [2.45, 2.75) is 12.8 Å². The van der Waals surface area contributed by atoms with E-state index in [0.29, 0.717) is 5.88 Å². The topological polar surface area (TPSA) is 71.0 Å². The third-order valence-electron chi connectivity index (χ3n) is 6.77. The van der Waals surface area contributed by atoms with Crippen LogP contribution in [-0.4, -0.2) is 67.2 Å². The Morgan fingerprint density at radius 2 is 1.57 bits per heavy atom. The predicted molar refractivity (Wildman–Crippen MR) is 135 cm³/mol. The van der Waals surface area contributed by atoms with Crippen LogP contribution in [0.25, 0.3) is 0 Å². The molecule has 0 aliphatic carbocycles. The summed E-state index contributed by atoms with van der Waals surface area (Å²) in [5.41, 5.74) is 1.14. The fourth-order valence-electron chi connectivity index (χ4n) is 4.77. The molecule has 0 bridgehead atoms. The molecule has 0 saturated carbocycles. The second kappa shape index (κ2) is 10.6. The molecule has 2 aliphatic heterocycles. The van der Waals surface area contributed by atoms with E-state index in [1.807, 2.05) is 53.4 Å². The maximum absolute atomic E-state index is 13.2. The molecule has 182 valence electrons. The van der Waals surface area contributed by atoms with E-state index in [9.17, 15) is 4.79 Å². The summed E-state index contributed by atoms with van der Waals surface area (Å²) >= 11 is 0. The van der Waals surface area contributed by atoms with Crippen LogP contribution in [0.5, 0.6) is 17.4 Å². The van der Waals surface area contributed by atoms with Crippen molar-refractivity contribution in [3.63, 3.8) is 0 Å². The number of ether oxygens (including phenoxy) is 2. The van der Waals surface area contributed by atoms with Crippen LogP contribution in [0, 0.1) is 5.92 Å². The lowest BCUT2D eigenvalue weighted by atomic mass is 9.95. The average Bonchev–Trinajstić information content (AvgIpc) is 2.93. The van der Waals surface area contributed by atoms with Crippen LogP contribution in [0.4, 0.5) is 11.5 Å². The van der Waals surface area contributed by atoms with Crippen molar-refractivity contribution in [1.29, 1.82) is 0 Å². The largest absolute Gasteiger partial charge is 0.497 e. The molecule has 0 spiro atoms. The highest BCUT2D eigenvalue weighted by molar-refractivity contribution is 5.79. The minimum atomic E-state index is 0.0662. The van der Waals surface area contributed by atoms with Crippen molar-refractivity contribution < 1.29 is 14.3 Å². The second-order valence-corrected chi connectivity index (χ2v) is 8.90. The average molecular weight is 474 g/mol. The van der Waals surface area contributed by atoms with E-state index in [4.69, 9.17) is 9.47 Å². The second-order valence-electron chi connectivity index (χ2n) is 8.90. The van der Waals surface area contributed by atoms with Gasteiger partial charge in [0.15, 0.2) is 0 Å². The highest BCUT2D eigenvalue weighted by Gasteiger charge is 2.31. The molecule has 2 fully saturated rings. The Morgan fingerprint density at radius 1 is 0.829 bits per heavy atom. The van der Waals surface area contributed by atoms with Crippen LogP contribution in [0.1, 0.15) is 12.8 Å². The first-order chi connectivity index (χ1) is 17.2. The number of piperidine rings is 1. The predicted octanol–water partition coefficient (Wildman–Crippen LogP) is 3.84. The standard InChI is InChI=1S/C27H31N5O3/c1-34-24-9-5-6-22(18-24)30-14-16-32(17-15-30)27(33)21-10-12-31(13-11-21)25-19-26(29-20-28-25)35-23-7-3-2-4-8-23/h2-9,18-21H,10-17H2,1H3. The van der Waals surface area contributed by atoms with Gasteiger partial charge in [0, 0.05) is 63.0 Å². The molecule has 1 aromatic heterocycles. The van der Waals surface area contributed by atoms with Crippen LogP contribution in [-0.2, 0) is 4.79 Å². The molecule has 3 heterocycles. The number of hydrogen-bond acceptors (Lipinski definition) is 7. The molecule has 8 nitrogen and oxygen atoms in total. The van der Waals surface area contributed by atoms with Crippen molar-refractivity contribution in [2.24, 2.45) is 5.92 Å². The van der Waals surface area contributed by atoms with Crippen LogP contribution in [0.3, 0.4) is 0 Å². The van der Waals surface area contributed by atoms with Gasteiger partial charge in [0.1, 0.15) is 23.6 Å². The minimum absolute atomic E-state index is 0.0662. The fourth-order valence-corrected chi connectivity index (χ4v) is 4.77. The molecule has 8 heteroatoms. The molecule has 3 aromatic rings. The molecular weight excluding hydrogens is 442 g/mol. The third kappa shape index (κ3) is 5.48. The Labute approximate surface area is 206 Å². The van der Waals surface area contributed by atoms with Crippen molar-refractivity contribution in [3.8, 4) is 17.4 Å². The Balaban J connectivity index is 1.12. The summed E-state index contributed by atoms with van der Waals surface area (Å²) in [6.07, 6.45) is 3.19. The lowest BCUT2D eigenvalue weighted by Crippen LogP contribution is -2.51. The summed E-state index contributed by atoms with van der Waals surface area (Å²) < 4.78 is 11.2. The summed E-state index contributed by atoms with van der Waals surface area (Å²) in [4.78, 5) is 28.5. The van der Waals surface area contributed by atoms with Gasteiger partial charge in [0.25, 0.3) is 0 Å². The fraction of sp³-hybridized carbons (Fsp3) is 0.370. The van der Waals surface area contributed by atoms with Crippen LogP contribution < -0.4 is 19.3 Å². The molecule has 0 radical (unpaired) electrons.